The zero-order chi connectivity index (χ0) is 11.0. The molecule has 2 heterocycles. The van der Waals surface area contributed by atoms with Crippen LogP contribution in [0.3, 0.4) is 0 Å². The van der Waals surface area contributed by atoms with Crippen molar-refractivity contribution >= 4 is 0 Å². The van der Waals surface area contributed by atoms with Crippen LogP contribution in [0.25, 0.3) is 0 Å². The predicted octanol–water partition coefficient (Wildman–Crippen LogP) is 1.23. The molecule has 0 spiro atoms. The standard InChI is InChI=1S/C12H20N4/c1-16-11(7-9-3-2-6-13-8-9)14-12(15-16)10-4-5-10/h9-10,13H,2-8H2,1H3. The lowest BCUT2D eigenvalue weighted by molar-refractivity contribution is 0.366. The molecule has 1 atom stereocenters. The van der Waals surface area contributed by atoms with Crippen LogP contribution in [0.1, 0.15) is 43.3 Å². The number of hydrogen-bond donors (Lipinski definition) is 1. The summed E-state index contributed by atoms with van der Waals surface area (Å²) in [6.07, 6.45) is 6.29. The highest BCUT2D eigenvalue weighted by Crippen LogP contribution is 2.38. The van der Waals surface area contributed by atoms with Crippen LogP contribution in [-0.2, 0) is 13.5 Å². The molecule has 1 N–H and O–H groups in total. The van der Waals surface area contributed by atoms with Crippen molar-refractivity contribution in [2.45, 2.75) is 38.0 Å². The summed E-state index contributed by atoms with van der Waals surface area (Å²) >= 11 is 0. The van der Waals surface area contributed by atoms with Crippen LogP contribution in [0, 0.1) is 5.92 Å². The van der Waals surface area contributed by atoms with Gasteiger partial charge in [0.05, 0.1) is 0 Å². The van der Waals surface area contributed by atoms with Crippen molar-refractivity contribution in [3.8, 4) is 0 Å². The molecule has 1 aliphatic carbocycles. The summed E-state index contributed by atoms with van der Waals surface area (Å²) in [6, 6.07) is 0. The van der Waals surface area contributed by atoms with E-state index in [1.165, 1.54) is 38.1 Å². The van der Waals surface area contributed by atoms with E-state index in [1.807, 2.05) is 11.7 Å². The van der Waals surface area contributed by atoms with Gasteiger partial charge in [0.1, 0.15) is 5.82 Å². The topological polar surface area (TPSA) is 42.7 Å². The summed E-state index contributed by atoms with van der Waals surface area (Å²) < 4.78 is 1.99. The molecule has 2 aliphatic rings. The average molecular weight is 220 g/mol. The Hall–Kier alpha value is -0.900. The molecule has 2 fully saturated rings. The van der Waals surface area contributed by atoms with Gasteiger partial charge in [0.2, 0.25) is 0 Å². The Morgan fingerprint density at radius 2 is 2.25 bits per heavy atom. The monoisotopic (exact) mass is 220 g/mol. The molecule has 0 amide bonds. The second-order valence-corrected chi connectivity index (χ2v) is 5.20. The second-order valence-electron chi connectivity index (χ2n) is 5.20. The lowest BCUT2D eigenvalue weighted by atomic mass is 9.96. The third-order valence-corrected chi connectivity index (χ3v) is 3.68. The van der Waals surface area contributed by atoms with Gasteiger partial charge in [-0.25, -0.2) is 4.98 Å². The first kappa shape index (κ1) is 10.3. The lowest BCUT2D eigenvalue weighted by Crippen LogP contribution is -2.31. The van der Waals surface area contributed by atoms with Crippen LogP contribution in [0.15, 0.2) is 0 Å². The van der Waals surface area contributed by atoms with E-state index in [4.69, 9.17) is 0 Å². The van der Waals surface area contributed by atoms with Gasteiger partial charge in [0, 0.05) is 19.4 Å². The van der Waals surface area contributed by atoms with E-state index in [1.54, 1.807) is 0 Å². The van der Waals surface area contributed by atoms with Gasteiger partial charge >= 0.3 is 0 Å². The highest BCUT2D eigenvalue weighted by Gasteiger charge is 2.29. The molecule has 0 aromatic carbocycles. The van der Waals surface area contributed by atoms with E-state index in [-0.39, 0.29) is 0 Å². The molecule has 3 rings (SSSR count). The van der Waals surface area contributed by atoms with Gasteiger partial charge in [-0.15, -0.1) is 0 Å². The number of nitrogens with one attached hydrogen (secondary N) is 1. The van der Waals surface area contributed by atoms with Crippen LogP contribution in [0.2, 0.25) is 0 Å². The second kappa shape index (κ2) is 4.17. The number of nitrogens with zero attached hydrogens (tertiary/aromatic N) is 3. The first-order chi connectivity index (χ1) is 7.83. The summed E-state index contributed by atoms with van der Waals surface area (Å²) in [5, 5.41) is 7.98. The van der Waals surface area contributed by atoms with Crippen molar-refractivity contribution in [3.05, 3.63) is 11.6 Å². The molecule has 88 valence electrons. The van der Waals surface area contributed by atoms with E-state index in [2.05, 4.69) is 15.4 Å². The van der Waals surface area contributed by atoms with Gasteiger partial charge in [0.15, 0.2) is 5.82 Å². The summed E-state index contributed by atoms with van der Waals surface area (Å²) in [7, 11) is 2.03. The van der Waals surface area contributed by atoms with Gasteiger partial charge in [-0.1, -0.05) is 0 Å². The quantitative estimate of drug-likeness (QED) is 0.833. The Kier molecular flexibility index (Phi) is 2.67. The minimum Gasteiger partial charge on any atom is -0.316 e. The van der Waals surface area contributed by atoms with Crippen LogP contribution >= 0.6 is 0 Å². The first-order valence-corrected chi connectivity index (χ1v) is 6.43. The number of aromatic nitrogens is 3. The van der Waals surface area contributed by atoms with Crippen molar-refractivity contribution < 1.29 is 0 Å². The zero-order valence-electron chi connectivity index (χ0n) is 9.95. The van der Waals surface area contributed by atoms with Crippen molar-refractivity contribution in [1.29, 1.82) is 0 Å². The fraction of sp³-hybridized carbons (Fsp3) is 0.833. The summed E-state index contributed by atoms with van der Waals surface area (Å²) in [4.78, 5) is 4.69. The summed E-state index contributed by atoms with van der Waals surface area (Å²) in [5.41, 5.74) is 0. The summed E-state index contributed by atoms with van der Waals surface area (Å²) in [6.45, 7) is 2.33. The van der Waals surface area contributed by atoms with E-state index >= 15 is 0 Å². The molecule has 16 heavy (non-hydrogen) atoms. The SMILES string of the molecule is Cn1nc(C2CC2)nc1CC1CCCNC1. The van der Waals surface area contributed by atoms with Crippen LogP contribution in [0.5, 0.6) is 0 Å². The highest BCUT2D eigenvalue weighted by molar-refractivity contribution is 5.06. The normalized spacial score (nSPS) is 25.9. The largest absolute Gasteiger partial charge is 0.316 e. The van der Waals surface area contributed by atoms with Crippen molar-refractivity contribution in [2.75, 3.05) is 13.1 Å². The summed E-state index contributed by atoms with van der Waals surface area (Å²) in [5.74, 6) is 3.69. The van der Waals surface area contributed by atoms with Crippen LogP contribution in [-0.4, -0.2) is 27.9 Å². The highest BCUT2D eigenvalue weighted by atomic mass is 15.3. The Morgan fingerprint density at radius 3 is 2.94 bits per heavy atom. The maximum Gasteiger partial charge on any atom is 0.154 e. The van der Waals surface area contributed by atoms with Crippen LogP contribution in [0.4, 0.5) is 0 Å². The van der Waals surface area contributed by atoms with E-state index in [9.17, 15) is 0 Å². The van der Waals surface area contributed by atoms with Gasteiger partial charge in [-0.2, -0.15) is 5.10 Å². The van der Waals surface area contributed by atoms with Crippen molar-refractivity contribution in [2.24, 2.45) is 13.0 Å². The fourth-order valence-corrected chi connectivity index (χ4v) is 2.49. The smallest absolute Gasteiger partial charge is 0.154 e. The minimum absolute atomic E-state index is 0.671. The van der Waals surface area contributed by atoms with E-state index < -0.39 is 0 Å². The predicted molar refractivity (Wildman–Crippen MR) is 62.3 cm³/mol. The number of rotatable bonds is 3. The molecule has 1 saturated carbocycles. The fourth-order valence-electron chi connectivity index (χ4n) is 2.49. The minimum atomic E-state index is 0.671. The molecule has 0 bridgehead atoms. The van der Waals surface area contributed by atoms with Gasteiger partial charge in [0.25, 0.3) is 0 Å². The molecule has 1 saturated heterocycles. The van der Waals surface area contributed by atoms with Crippen molar-refractivity contribution in [3.63, 3.8) is 0 Å². The number of piperidine rings is 1. The van der Waals surface area contributed by atoms with Crippen LogP contribution < -0.4 is 5.32 Å². The van der Waals surface area contributed by atoms with E-state index in [0.29, 0.717) is 5.92 Å². The van der Waals surface area contributed by atoms with Crippen molar-refractivity contribution in [1.82, 2.24) is 20.1 Å². The maximum atomic E-state index is 4.69. The van der Waals surface area contributed by atoms with E-state index in [0.717, 1.165) is 24.7 Å². The Morgan fingerprint density at radius 1 is 1.38 bits per heavy atom. The Bertz CT molecular complexity index is 361. The molecule has 4 heteroatoms. The van der Waals surface area contributed by atoms with Gasteiger partial charge in [-0.3, -0.25) is 4.68 Å². The first-order valence-electron chi connectivity index (χ1n) is 6.43. The molecule has 4 nitrogen and oxygen atoms in total. The molecule has 1 aromatic rings. The van der Waals surface area contributed by atoms with Gasteiger partial charge in [-0.05, 0) is 44.7 Å². The third-order valence-electron chi connectivity index (χ3n) is 3.68. The molecule has 0 radical (unpaired) electrons. The maximum absolute atomic E-state index is 4.69. The number of aryl methyl sites for hydroxylation is 1. The molecule has 1 aromatic heterocycles. The lowest BCUT2D eigenvalue weighted by Gasteiger charge is -2.21. The third kappa shape index (κ3) is 2.12. The molecular weight excluding hydrogens is 200 g/mol. The Labute approximate surface area is 96.4 Å². The molecule has 1 unspecified atom stereocenters. The Balaban J connectivity index is 1.68. The molecular formula is C12H20N4. The molecule has 1 aliphatic heterocycles. The zero-order valence-corrected chi connectivity index (χ0v) is 9.95. The average Bonchev–Trinajstić information content (AvgIpc) is 3.07. The van der Waals surface area contributed by atoms with Gasteiger partial charge < -0.3 is 5.32 Å². The number of hydrogen-bond acceptors (Lipinski definition) is 3.